The molecule has 0 aromatic carbocycles. The first-order valence-electron chi connectivity index (χ1n) is 6.03. The van der Waals surface area contributed by atoms with Gasteiger partial charge in [0, 0.05) is 19.8 Å². The molecule has 0 atom stereocenters. The number of halogens is 1. The molecule has 0 fully saturated rings. The molecule has 0 bridgehead atoms. The van der Waals surface area contributed by atoms with E-state index in [1.807, 2.05) is 6.07 Å². The van der Waals surface area contributed by atoms with E-state index in [4.69, 9.17) is 11.6 Å². The largest absolute Gasteiger partial charge is 0.324 e. The van der Waals surface area contributed by atoms with Gasteiger partial charge in [-0.05, 0) is 12.1 Å². The summed E-state index contributed by atoms with van der Waals surface area (Å²) >= 11 is 5.98. The number of imidazole rings is 1. The average molecular weight is 315 g/mol. The molecule has 0 aliphatic rings. The standard InChI is InChI=1S/C12H15ClN4O2S/c1-3-17(8-10-6-4-5-7-14-10)20(18,19)12-11(13)16(2)9-15-12/h4-7,9H,3,8H2,1-2H3. The third-order valence-corrected chi connectivity index (χ3v) is 5.25. The predicted molar refractivity (Wildman–Crippen MR) is 75.7 cm³/mol. The van der Waals surface area contributed by atoms with Gasteiger partial charge in [0.05, 0.1) is 18.6 Å². The molecule has 20 heavy (non-hydrogen) atoms. The molecule has 0 aliphatic heterocycles. The summed E-state index contributed by atoms with van der Waals surface area (Å²) in [4.78, 5) is 8.02. The molecule has 0 aliphatic carbocycles. The van der Waals surface area contributed by atoms with Gasteiger partial charge in [-0.2, -0.15) is 4.31 Å². The van der Waals surface area contributed by atoms with E-state index in [0.717, 1.165) is 0 Å². The van der Waals surface area contributed by atoms with Gasteiger partial charge >= 0.3 is 0 Å². The Balaban J connectivity index is 2.33. The van der Waals surface area contributed by atoms with Gasteiger partial charge in [0.2, 0.25) is 5.03 Å². The van der Waals surface area contributed by atoms with Gasteiger partial charge < -0.3 is 4.57 Å². The summed E-state index contributed by atoms with van der Waals surface area (Å²) < 4.78 is 27.8. The minimum atomic E-state index is -3.73. The topological polar surface area (TPSA) is 68.1 Å². The van der Waals surface area contributed by atoms with Gasteiger partial charge in [0.15, 0.2) is 0 Å². The Morgan fingerprint density at radius 2 is 2.10 bits per heavy atom. The van der Waals surface area contributed by atoms with Crippen LogP contribution in [0.3, 0.4) is 0 Å². The van der Waals surface area contributed by atoms with Gasteiger partial charge in [0.1, 0.15) is 5.15 Å². The Morgan fingerprint density at radius 1 is 1.35 bits per heavy atom. The normalized spacial score (nSPS) is 12.0. The fourth-order valence-corrected chi connectivity index (χ4v) is 3.54. The third kappa shape index (κ3) is 2.84. The molecule has 8 heteroatoms. The maximum Gasteiger partial charge on any atom is 0.264 e. The number of pyridine rings is 1. The molecule has 0 saturated heterocycles. The van der Waals surface area contributed by atoms with Crippen LogP contribution in [0.25, 0.3) is 0 Å². The van der Waals surface area contributed by atoms with Crippen molar-refractivity contribution in [3.05, 3.63) is 41.6 Å². The first-order chi connectivity index (χ1) is 9.46. The van der Waals surface area contributed by atoms with Crippen LogP contribution < -0.4 is 0 Å². The molecule has 6 nitrogen and oxygen atoms in total. The summed E-state index contributed by atoms with van der Waals surface area (Å²) in [5.41, 5.74) is 0.671. The Bertz CT molecular complexity index is 685. The fourth-order valence-electron chi connectivity index (χ4n) is 1.73. The molecule has 0 saturated carbocycles. The summed E-state index contributed by atoms with van der Waals surface area (Å²) in [5.74, 6) is 0. The van der Waals surface area contributed by atoms with Gasteiger partial charge in [-0.15, -0.1) is 0 Å². The second-order valence-corrected chi connectivity index (χ2v) is 6.41. The van der Waals surface area contributed by atoms with Crippen LogP contribution in [0, 0.1) is 0 Å². The summed E-state index contributed by atoms with van der Waals surface area (Å²) in [6.07, 6.45) is 3.01. The highest BCUT2D eigenvalue weighted by Crippen LogP contribution is 2.23. The van der Waals surface area contributed by atoms with Crippen LogP contribution in [-0.2, 0) is 23.6 Å². The van der Waals surface area contributed by atoms with Crippen LogP contribution in [0.15, 0.2) is 35.7 Å². The molecule has 108 valence electrons. The van der Waals surface area contributed by atoms with E-state index in [0.29, 0.717) is 12.2 Å². The van der Waals surface area contributed by atoms with Crippen LogP contribution >= 0.6 is 11.6 Å². The van der Waals surface area contributed by atoms with Gasteiger partial charge in [-0.3, -0.25) is 4.98 Å². The first-order valence-corrected chi connectivity index (χ1v) is 7.85. The zero-order valence-electron chi connectivity index (χ0n) is 11.2. The molecule has 2 rings (SSSR count). The van der Waals surface area contributed by atoms with Crippen molar-refractivity contribution >= 4 is 21.6 Å². The number of hydrogen-bond acceptors (Lipinski definition) is 4. The summed E-state index contributed by atoms with van der Waals surface area (Å²) in [7, 11) is -2.09. The van der Waals surface area contributed by atoms with Crippen LogP contribution in [0.5, 0.6) is 0 Å². The maximum atomic E-state index is 12.5. The Kier molecular flexibility index (Phi) is 4.42. The quantitative estimate of drug-likeness (QED) is 0.842. The van der Waals surface area contributed by atoms with E-state index >= 15 is 0 Å². The molecular weight excluding hydrogens is 300 g/mol. The van der Waals surface area contributed by atoms with Crippen molar-refractivity contribution in [1.29, 1.82) is 0 Å². The van der Waals surface area contributed by atoms with E-state index in [2.05, 4.69) is 9.97 Å². The first kappa shape index (κ1) is 15.0. The Labute approximate surface area is 123 Å². The minimum Gasteiger partial charge on any atom is -0.324 e. The van der Waals surface area contributed by atoms with Gasteiger partial charge in [-0.1, -0.05) is 24.6 Å². The lowest BCUT2D eigenvalue weighted by molar-refractivity contribution is 0.417. The van der Waals surface area contributed by atoms with Gasteiger partial charge in [-0.25, -0.2) is 13.4 Å². The molecular formula is C12H15ClN4O2S. The van der Waals surface area contributed by atoms with Crippen molar-refractivity contribution in [1.82, 2.24) is 18.8 Å². The highest BCUT2D eigenvalue weighted by atomic mass is 35.5. The van der Waals surface area contributed by atoms with Gasteiger partial charge in [0.25, 0.3) is 10.0 Å². The summed E-state index contributed by atoms with van der Waals surface area (Å²) in [5, 5.41) is -0.0241. The zero-order valence-corrected chi connectivity index (χ0v) is 12.8. The number of rotatable bonds is 5. The van der Waals surface area contributed by atoms with E-state index in [1.54, 1.807) is 32.3 Å². The van der Waals surface area contributed by atoms with Crippen molar-refractivity contribution < 1.29 is 8.42 Å². The SMILES string of the molecule is CCN(Cc1ccccn1)S(=O)(=O)c1ncn(C)c1Cl. The van der Waals surface area contributed by atoms with E-state index in [9.17, 15) is 8.42 Å². The Morgan fingerprint density at radius 3 is 2.60 bits per heavy atom. The highest BCUT2D eigenvalue weighted by molar-refractivity contribution is 7.89. The zero-order chi connectivity index (χ0) is 14.8. The molecule has 2 aromatic rings. The number of nitrogens with zero attached hydrogens (tertiary/aromatic N) is 4. The highest BCUT2D eigenvalue weighted by Gasteiger charge is 2.29. The van der Waals surface area contributed by atoms with Crippen molar-refractivity contribution in [2.45, 2.75) is 18.5 Å². The molecule has 0 radical (unpaired) electrons. The second kappa shape index (κ2) is 5.90. The lowest BCUT2D eigenvalue weighted by Gasteiger charge is -2.18. The van der Waals surface area contributed by atoms with Crippen molar-refractivity contribution in [3.8, 4) is 0 Å². The van der Waals surface area contributed by atoms with E-state index in [1.165, 1.54) is 15.2 Å². The molecule has 0 N–H and O–H groups in total. The summed E-state index contributed by atoms with van der Waals surface area (Å²) in [6, 6.07) is 5.37. The van der Waals surface area contributed by atoms with Crippen molar-refractivity contribution in [3.63, 3.8) is 0 Å². The maximum absolute atomic E-state index is 12.5. The third-order valence-electron chi connectivity index (χ3n) is 2.84. The van der Waals surface area contributed by atoms with E-state index < -0.39 is 10.0 Å². The molecule has 0 amide bonds. The molecule has 0 unspecified atom stereocenters. The van der Waals surface area contributed by atoms with Crippen LogP contribution in [0.2, 0.25) is 5.15 Å². The summed E-state index contributed by atoms with van der Waals surface area (Å²) in [6.45, 7) is 2.26. The molecule has 2 heterocycles. The monoisotopic (exact) mass is 314 g/mol. The van der Waals surface area contributed by atoms with E-state index in [-0.39, 0.29) is 16.7 Å². The molecule has 2 aromatic heterocycles. The number of hydrogen-bond donors (Lipinski definition) is 0. The number of aryl methyl sites for hydroxylation is 1. The van der Waals surface area contributed by atoms with Crippen LogP contribution in [-0.4, -0.2) is 33.8 Å². The minimum absolute atomic E-state index is 0.101. The van der Waals surface area contributed by atoms with Crippen LogP contribution in [0.4, 0.5) is 0 Å². The second-order valence-electron chi connectivity index (χ2n) is 4.20. The van der Waals surface area contributed by atoms with Crippen LogP contribution in [0.1, 0.15) is 12.6 Å². The predicted octanol–water partition coefficient (Wildman–Crippen LogP) is 1.68. The fraction of sp³-hybridized carbons (Fsp3) is 0.333. The lowest BCUT2D eigenvalue weighted by Crippen LogP contribution is -2.31. The Hall–Kier alpha value is -1.44. The lowest BCUT2D eigenvalue weighted by atomic mass is 10.3. The number of aromatic nitrogens is 3. The smallest absolute Gasteiger partial charge is 0.264 e. The van der Waals surface area contributed by atoms with Crippen molar-refractivity contribution in [2.75, 3.05) is 6.54 Å². The van der Waals surface area contributed by atoms with Crippen molar-refractivity contribution in [2.24, 2.45) is 7.05 Å². The molecule has 0 spiro atoms. The number of sulfonamides is 1. The average Bonchev–Trinajstić information content (AvgIpc) is 2.78.